The molecular formula is C16H23N5. The molecule has 0 aliphatic heterocycles. The molecule has 2 N–H and O–H groups in total. The first-order valence-corrected chi connectivity index (χ1v) is 7.15. The Bertz CT molecular complexity index is 616. The molecule has 0 bridgehead atoms. The van der Waals surface area contributed by atoms with E-state index in [1.54, 1.807) is 0 Å². The predicted octanol–water partition coefficient (Wildman–Crippen LogP) is 2.83. The van der Waals surface area contributed by atoms with Gasteiger partial charge < -0.3 is 10.6 Å². The van der Waals surface area contributed by atoms with Crippen LogP contribution in [0.25, 0.3) is 0 Å². The van der Waals surface area contributed by atoms with E-state index in [4.69, 9.17) is 5.73 Å². The summed E-state index contributed by atoms with van der Waals surface area (Å²) < 4.78 is 0. The third-order valence-corrected chi connectivity index (χ3v) is 3.28. The van der Waals surface area contributed by atoms with E-state index in [2.05, 4.69) is 47.9 Å². The maximum absolute atomic E-state index is 5.81. The Kier molecular flexibility index (Phi) is 4.40. The number of nitrogens with zero attached hydrogens (tertiary/aromatic N) is 4. The molecule has 0 saturated heterocycles. The third kappa shape index (κ3) is 3.90. The molecule has 0 unspecified atom stereocenters. The van der Waals surface area contributed by atoms with Crippen LogP contribution in [-0.4, -0.2) is 22.0 Å². The van der Waals surface area contributed by atoms with Crippen molar-refractivity contribution in [2.24, 2.45) is 0 Å². The van der Waals surface area contributed by atoms with Gasteiger partial charge in [0, 0.05) is 18.8 Å². The molecule has 2 heterocycles. The average Bonchev–Trinajstić information content (AvgIpc) is 2.36. The Balaban J connectivity index is 2.25. The van der Waals surface area contributed by atoms with Gasteiger partial charge in [0.2, 0.25) is 5.95 Å². The number of rotatable bonds is 4. The first-order chi connectivity index (χ1) is 9.85. The highest BCUT2D eigenvalue weighted by Crippen LogP contribution is 2.20. The maximum Gasteiger partial charge on any atom is 0.222 e. The normalized spacial score (nSPS) is 11.0. The highest BCUT2D eigenvalue weighted by atomic mass is 15.2. The topological polar surface area (TPSA) is 67.9 Å². The average molecular weight is 285 g/mol. The van der Waals surface area contributed by atoms with Gasteiger partial charge in [-0.1, -0.05) is 13.8 Å². The van der Waals surface area contributed by atoms with E-state index in [0.717, 1.165) is 22.9 Å². The zero-order valence-electron chi connectivity index (χ0n) is 13.4. The summed E-state index contributed by atoms with van der Waals surface area (Å²) in [6.07, 6.45) is 0. The smallest absolute Gasteiger partial charge is 0.222 e. The first-order valence-electron chi connectivity index (χ1n) is 7.15. The van der Waals surface area contributed by atoms with E-state index in [-0.39, 0.29) is 0 Å². The third-order valence-electron chi connectivity index (χ3n) is 3.28. The van der Waals surface area contributed by atoms with Crippen LogP contribution in [0.4, 0.5) is 11.8 Å². The molecule has 0 spiro atoms. The molecular weight excluding hydrogens is 262 g/mol. The van der Waals surface area contributed by atoms with Crippen molar-refractivity contribution < 1.29 is 0 Å². The Hall–Kier alpha value is -2.17. The fourth-order valence-corrected chi connectivity index (χ4v) is 2.29. The van der Waals surface area contributed by atoms with Gasteiger partial charge in [0.25, 0.3) is 0 Å². The standard InChI is InChI=1S/C16H23N5/c1-10(2)14-8-15(20-16(17)19-14)21(5)9-13-7-11(3)6-12(4)18-13/h6-8,10H,9H2,1-5H3,(H2,17,19,20). The molecule has 0 aliphatic carbocycles. The van der Waals surface area contributed by atoms with Gasteiger partial charge in [-0.15, -0.1) is 0 Å². The van der Waals surface area contributed by atoms with Crippen molar-refractivity contribution in [1.29, 1.82) is 0 Å². The SMILES string of the molecule is Cc1cc(C)nc(CN(C)c2cc(C(C)C)nc(N)n2)c1. The van der Waals surface area contributed by atoms with Crippen molar-refractivity contribution in [1.82, 2.24) is 15.0 Å². The molecule has 0 atom stereocenters. The van der Waals surface area contributed by atoms with Crippen LogP contribution in [0.5, 0.6) is 0 Å². The molecule has 5 nitrogen and oxygen atoms in total. The Labute approximate surface area is 126 Å². The highest BCUT2D eigenvalue weighted by Gasteiger charge is 2.10. The number of hydrogen-bond acceptors (Lipinski definition) is 5. The van der Waals surface area contributed by atoms with Crippen LogP contribution in [0.3, 0.4) is 0 Å². The predicted molar refractivity (Wildman–Crippen MR) is 86.4 cm³/mol. The van der Waals surface area contributed by atoms with Gasteiger partial charge in [-0.3, -0.25) is 4.98 Å². The minimum Gasteiger partial charge on any atom is -0.368 e. The molecule has 0 fully saturated rings. The van der Waals surface area contributed by atoms with Gasteiger partial charge in [-0.25, -0.2) is 4.98 Å². The van der Waals surface area contributed by atoms with Gasteiger partial charge in [0.05, 0.1) is 17.9 Å². The maximum atomic E-state index is 5.81. The molecule has 2 aromatic rings. The summed E-state index contributed by atoms with van der Waals surface area (Å²) in [5.74, 6) is 1.46. The lowest BCUT2D eigenvalue weighted by Crippen LogP contribution is -2.20. The number of aromatic nitrogens is 3. The number of pyridine rings is 1. The highest BCUT2D eigenvalue weighted by molar-refractivity contribution is 5.44. The molecule has 0 radical (unpaired) electrons. The molecule has 0 aromatic carbocycles. The summed E-state index contributed by atoms with van der Waals surface area (Å²) in [5, 5.41) is 0. The van der Waals surface area contributed by atoms with Crippen LogP contribution in [-0.2, 0) is 6.54 Å². The largest absolute Gasteiger partial charge is 0.368 e. The Morgan fingerprint density at radius 3 is 2.43 bits per heavy atom. The quantitative estimate of drug-likeness (QED) is 0.935. The summed E-state index contributed by atoms with van der Waals surface area (Å²) in [6, 6.07) is 6.16. The summed E-state index contributed by atoms with van der Waals surface area (Å²) in [6.45, 7) is 8.97. The summed E-state index contributed by atoms with van der Waals surface area (Å²) in [7, 11) is 1.99. The molecule has 2 rings (SSSR count). The summed E-state index contributed by atoms with van der Waals surface area (Å²) in [5.41, 5.74) is 10.0. The van der Waals surface area contributed by atoms with Crippen molar-refractivity contribution in [3.05, 3.63) is 40.8 Å². The van der Waals surface area contributed by atoms with Crippen molar-refractivity contribution in [3.63, 3.8) is 0 Å². The zero-order chi connectivity index (χ0) is 15.6. The summed E-state index contributed by atoms with van der Waals surface area (Å²) in [4.78, 5) is 15.2. The van der Waals surface area contributed by atoms with Crippen molar-refractivity contribution in [2.75, 3.05) is 17.7 Å². The fraction of sp³-hybridized carbons (Fsp3) is 0.438. The summed E-state index contributed by atoms with van der Waals surface area (Å²) >= 11 is 0. The van der Waals surface area contributed by atoms with Crippen LogP contribution in [0.2, 0.25) is 0 Å². The number of hydrogen-bond donors (Lipinski definition) is 1. The second kappa shape index (κ2) is 6.08. The molecule has 112 valence electrons. The molecule has 0 saturated carbocycles. The first kappa shape index (κ1) is 15.2. The molecule has 5 heteroatoms. The lowest BCUT2D eigenvalue weighted by Gasteiger charge is -2.19. The van der Waals surface area contributed by atoms with Gasteiger partial charge in [0.15, 0.2) is 0 Å². The van der Waals surface area contributed by atoms with Gasteiger partial charge in [0.1, 0.15) is 5.82 Å². The fourth-order valence-electron chi connectivity index (χ4n) is 2.29. The lowest BCUT2D eigenvalue weighted by atomic mass is 10.1. The second-order valence-corrected chi connectivity index (χ2v) is 5.80. The van der Waals surface area contributed by atoms with E-state index in [1.165, 1.54) is 5.56 Å². The van der Waals surface area contributed by atoms with E-state index in [1.807, 2.05) is 24.9 Å². The number of nitrogen functional groups attached to an aromatic ring is 1. The van der Waals surface area contributed by atoms with E-state index in [0.29, 0.717) is 18.4 Å². The van der Waals surface area contributed by atoms with Crippen LogP contribution >= 0.6 is 0 Å². The minimum absolute atomic E-state index is 0.316. The van der Waals surface area contributed by atoms with Crippen LogP contribution in [0.1, 0.15) is 42.4 Å². The number of nitrogens with two attached hydrogens (primary N) is 1. The molecule has 2 aromatic heterocycles. The van der Waals surface area contributed by atoms with Gasteiger partial charge in [-0.05, 0) is 37.5 Å². The van der Waals surface area contributed by atoms with Crippen molar-refractivity contribution in [3.8, 4) is 0 Å². The molecule has 0 amide bonds. The monoisotopic (exact) mass is 285 g/mol. The van der Waals surface area contributed by atoms with Crippen LogP contribution < -0.4 is 10.6 Å². The number of anilines is 2. The Morgan fingerprint density at radius 1 is 1.10 bits per heavy atom. The number of aryl methyl sites for hydroxylation is 2. The second-order valence-electron chi connectivity index (χ2n) is 5.80. The van der Waals surface area contributed by atoms with E-state index < -0.39 is 0 Å². The zero-order valence-corrected chi connectivity index (χ0v) is 13.4. The minimum atomic E-state index is 0.316. The molecule has 0 aliphatic rings. The molecule has 21 heavy (non-hydrogen) atoms. The van der Waals surface area contributed by atoms with E-state index >= 15 is 0 Å². The van der Waals surface area contributed by atoms with Crippen molar-refractivity contribution >= 4 is 11.8 Å². The lowest BCUT2D eigenvalue weighted by molar-refractivity contribution is 0.802. The van der Waals surface area contributed by atoms with Crippen LogP contribution in [0.15, 0.2) is 18.2 Å². The Morgan fingerprint density at radius 2 is 1.81 bits per heavy atom. The van der Waals surface area contributed by atoms with E-state index in [9.17, 15) is 0 Å². The van der Waals surface area contributed by atoms with Gasteiger partial charge in [-0.2, -0.15) is 4.98 Å². The van der Waals surface area contributed by atoms with Crippen molar-refractivity contribution in [2.45, 2.75) is 40.2 Å². The van der Waals surface area contributed by atoms with Crippen LogP contribution in [0, 0.1) is 13.8 Å². The van der Waals surface area contributed by atoms with Gasteiger partial charge >= 0.3 is 0 Å².